The van der Waals surface area contributed by atoms with Gasteiger partial charge in [0.05, 0.1) is 5.69 Å². The molecule has 0 aliphatic heterocycles. The maximum atomic E-state index is 9.09. The van der Waals surface area contributed by atoms with Crippen LogP contribution in [-0.2, 0) is 0 Å². The molecule has 118 valence electrons. The highest BCUT2D eigenvalue weighted by Crippen LogP contribution is 2.32. The van der Waals surface area contributed by atoms with Crippen LogP contribution >= 0.6 is 0 Å². The second kappa shape index (κ2) is 6.52. The summed E-state index contributed by atoms with van der Waals surface area (Å²) in [6.45, 7) is 6.96. The molecule has 1 aliphatic carbocycles. The molecule has 1 aromatic heterocycles. The number of pyridine rings is 1. The van der Waals surface area contributed by atoms with E-state index in [1.807, 2.05) is 32.9 Å². The molecule has 2 rings (SSSR count). The molecule has 5 nitrogen and oxygen atoms in total. The van der Waals surface area contributed by atoms with E-state index in [2.05, 4.69) is 9.88 Å². The van der Waals surface area contributed by atoms with Gasteiger partial charge in [0, 0.05) is 19.2 Å². The first-order chi connectivity index (χ1) is 9.90. The predicted molar refractivity (Wildman–Crippen MR) is 85.7 cm³/mol. The van der Waals surface area contributed by atoms with Crippen LogP contribution in [0, 0.1) is 0 Å². The Morgan fingerprint density at radius 2 is 2.10 bits per heavy atom. The zero-order valence-electron chi connectivity index (χ0n) is 13.3. The monoisotopic (exact) mass is 293 g/mol. The average molecular weight is 293 g/mol. The van der Waals surface area contributed by atoms with Gasteiger partial charge >= 0.3 is 0 Å². The van der Waals surface area contributed by atoms with Gasteiger partial charge in [-0.15, -0.1) is 0 Å². The first-order valence-corrected chi connectivity index (χ1v) is 7.74. The molecule has 1 fully saturated rings. The SMILES string of the molecule is CC(C)(C)Oc1nc(N(CCCO)C2CCC2)ccc1N. The molecule has 0 saturated heterocycles. The number of nitrogen functional groups attached to an aromatic ring is 1. The third kappa shape index (κ3) is 4.24. The Morgan fingerprint density at radius 1 is 1.38 bits per heavy atom. The van der Waals surface area contributed by atoms with Crippen LogP contribution in [0.4, 0.5) is 11.5 Å². The summed E-state index contributed by atoms with van der Waals surface area (Å²) in [7, 11) is 0. The first-order valence-electron chi connectivity index (χ1n) is 7.74. The van der Waals surface area contributed by atoms with Crippen LogP contribution in [0.1, 0.15) is 46.5 Å². The minimum absolute atomic E-state index is 0.198. The standard InChI is InChI=1S/C16H27N3O2/c1-16(2,3)21-15-13(17)8-9-14(18-15)19(10-5-11-20)12-6-4-7-12/h8-9,12,20H,4-7,10-11,17H2,1-3H3. The molecule has 0 atom stereocenters. The smallest absolute Gasteiger partial charge is 0.239 e. The van der Waals surface area contributed by atoms with Crippen LogP contribution in [0.2, 0.25) is 0 Å². The Labute approximate surface area is 127 Å². The lowest BCUT2D eigenvalue weighted by Crippen LogP contribution is -2.41. The van der Waals surface area contributed by atoms with E-state index in [1.54, 1.807) is 0 Å². The van der Waals surface area contributed by atoms with Crippen molar-refractivity contribution in [1.29, 1.82) is 0 Å². The molecule has 21 heavy (non-hydrogen) atoms. The fraction of sp³-hybridized carbons (Fsp3) is 0.688. The number of anilines is 2. The third-order valence-electron chi connectivity index (χ3n) is 3.64. The highest BCUT2D eigenvalue weighted by Gasteiger charge is 2.26. The fourth-order valence-corrected chi connectivity index (χ4v) is 2.40. The molecule has 5 heteroatoms. The lowest BCUT2D eigenvalue weighted by molar-refractivity contribution is 0.125. The van der Waals surface area contributed by atoms with Crippen molar-refractivity contribution in [2.75, 3.05) is 23.8 Å². The van der Waals surface area contributed by atoms with E-state index in [1.165, 1.54) is 19.3 Å². The Hall–Kier alpha value is -1.49. The van der Waals surface area contributed by atoms with Gasteiger partial charge in [0.15, 0.2) is 0 Å². The van der Waals surface area contributed by atoms with Gasteiger partial charge < -0.3 is 20.5 Å². The summed E-state index contributed by atoms with van der Waals surface area (Å²) in [5.74, 6) is 1.38. The van der Waals surface area contributed by atoms with Crippen molar-refractivity contribution in [2.24, 2.45) is 0 Å². The molecule has 3 N–H and O–H groups in total. The summed E-state index contributed by atoms with van der Waals surface area (Å²) < 4.78 is 5.85. The van der Waals surface area contributed by atoms with E-state index in [0.29, 0.717) is 17.6 Å². The molecule has 1 heterocycles. The van der Waals surface area contributed by atoms with Gasteiger partial charge in [-0.1, -0.05) is 0 Å². The van der Waals surface area contributed by atoms with E-state index in [4.69, 9.17) is 15.6 Å². The van der Waals surface area contributed by atoms with Crippen molar-refractivity contribution < 1.29 is 9.84 Å². The normalized spacial score (nSPS) is 15.6. The summed E-state index contributed by atoms with van der Waals surface area (Å²) >= 11 is 0. The van der Waals surface area contributed by atoms with Gasteiger partial charge in [0.1, 0.15) is 11.4 Å². The number of aliphatic hydroxyl groups excluding tert-OH is 1. The minimum atomic E-state index is -0.327. The maximum absolute atomic E-state index is 9.09. The summed E-state index contributed by atoms with van der Waals surface area (Å²) in [6, 6.07) is 4.32. The Balaban J connectivity index is 2.21. The third-order valence-corrected chi connectivity index (χ3v) is 3.64. The molecule has 0 bridgehead atoms. The Bertz CT molecular complexity index is 467. The predicted octanol–water partition coefficient (Wildman–Crippen LogP) is 2.58. The molecule has 0 unspecified atom stereocenters. The van der Waals surface area contributed by atoms with E-state index in [-0.39, 0.29) is 12.2 Å². The molecular weight excluding hydrogens is 266 g/mol. The van der Waals surface area contributed by atoms with Gasteiger partial charge in [-0.2, -0.15) is 4.98 Å². The first kappa shape index (κ1) is 15.9. The van der Waals surface area contributed by atoms with Crippen molar-refractivity contribution in [2.45, 2.75) is 58.1 Å². The minimum Gasteiger partial charge on any atom is -0.470 e. The van der Waals surface area contributed by atoms with Gasteiger partial charge in [-0.05, 0) is 58.6 Å². The van der Waals surface area contributed by atoms with E-state index in [0.717, 1.165) is 18.8 Å². The fourth-order valence-electron chi connectivity index (χ4n) is 2.40. The van der Waals surface area contributed by atoms with Crippen molar-refractivity contribution >= 4 is 11.5 Å². The highest BCUT2D eigenvalue weighted by atomic mass is 16.5. The number of ether oxygens (including phenoxy) is 1. The van der Waals surface area contributed by atoms with Crippen LogP contribution in [0.3, 0.4) is 0 Å². The van der Waals surface area contributed by atoms with Gasteiger partial charge in [-0.3, -0.25) is 0 Å². The summed E-state index contributed by atoms with van der Waals surface area (Å²) in [4.78, 5) is 6.88. The summed E-state index contributed by atoms with van der Waals surface area (Å²) in [5, 5.41) is 9.09. The van der Waals surface area contributed by atoms with E-state index in [9.17, 15) is 0 Å². The van der Waals surface area contributed by atoms with Crippen molar-refractivity contribution in [3.8, 4) is 5.88 Å². The molecule has 0 amide bonds. The molecule has 0 spiro atoms. The number of rotatable bonds is 6. The van der Waals surface area contributed by atoms with Crippen LogP contribution in [0.15, 0.2) is 12.1 Å². The molecule has 0 radical (unpaired) electrons. The highest BCUT2D eigenvalue weighted by molar-refractivity contribution is 5.55. The topological polar surface area (TPSA) is 71.6 Å². The number of hydrogen-bond donors (Lipinski definition) is 2. The number of aliphatic hydroxyl groups is 1. The van der Waals surface area contributed by atoms with Crippen molar-refractivity contribution in [3.05, 3.63) is 12.1 Å². The number of hydrogen-bond acceptors (Lipinski definition) is 5. The molecule has 1 saturated carbocycles. The van der Waals surface area contributed by atoms with Gasteiger partial charge in [0.25, 0.3) is 0 Å². The van der Waals surface area contributed by atoms with Crippen LogP contribution in [-0.4, -0.2) is 34.9 Å². The van der Waals surface area contributed by atoms with Gasteiger partial charge in [0.2, 0.25) is 5.88 Å². The van der Waals surface area contributed by atoms with Crippen molar-refractivity contribution in [1.82, 2.24) is 4.98 Å². The lowest BCUT2D eigenvalue weighted by Gasteiger charge is -2.38. The largest absolute Gasteiger partial charge is 0.470 e. The molecule has 0 aromatic carbocycles. The van der Waals surface area contributed by atoms with Gasteiger partial charge in [-0.25, -0.2) is 0 Å². The Kier molecular flexibility index (Phi) is 4.93. The second-order valence-corrected chi connectivity index (χ2v) is 6.63. The number of nitrogens with zero attached hydrogens (tertiary/aromatic N) is 2. The molecule has 1 aliphatic rings. The van der Waals surface area contributed by atoms with Crippen molar-refractivity contribution in [3.63, 3.8) is 0 Å². The summed E-state index contributed by atoms with van der Waals surface area (Å²) in [6.07, 6.45) is 4.39. The summed E-state index contributed by atoms with van der Waals surface area (Å²) in [5.41, 5.74) is 6.21. The van der Waals surface area contributed by atoms with E-state index >= 15 is 0 Å². The molecule has 1 aromatic rings. The van der Waals surface area contributed by atoms with Crippen LogP contribution in [0.5, 0.6) is 5.88 Å². The second-order valence-electron chi connectivity index (χ2n) is 6.63. The Morgan fingerprint density at radius 3 is 2.62 bits per heavy atom. The molecular formula is C16H27N3O2. The maximum Gasteiger partial charge on any atom is 0.239 e. The quantitative estimate of drug-likeness (QED) is 0.843. The lowest BCUT2D eigenvalue weighted by atomic mass is 9.91. The van der Waals surface area contributed by atoms with E-state index < -0.39 is 0 Å². The zero-order chi connectivity index (χ0) is 15.5. The zero-order valence-corrected chi connectivity index (χ0v) is 13.3. The van der Waals surface area contributed by atoms with Crippen LogP contribution in [0.25, 0.3) is 0 Å². The number of aromatic nitrogens is 1. The van der Waals surface area contributed by atoms with Crippen LogP contribution < -0.4 is 15.4 Å². The average Bonchev–Trinajstić information content (AvgIpc) is 2.33. The number of nitrogens with two attached hydrogens (primary N) is 1.